The number of nitrogens with zero attached hydrogens (tertiary/aromatic N) is 3. The largest absolute Gasteiger partial charge is 0.368 e. The first-order chi connectivity index (χ1) is 17.7. The summed E-state index contributed by atoms with van der Waals surface area (Å²) in [5.41, 5.74) is 6.53. The number of thiazole rings is 1. The van der Waals surface area contributed by atoms with Gasteiger partial charge in [0.05, 0.1) is 22.0 Å². The van der Waals surface area contributed by atoms with Gasteiger partial charge in [-0.1, -0.05) is 42.5 Å². The van der Waals surface area contributed by atoms with Gasteiger partial charge in [0, 0.05) is 17.3 Å². The Morgan fingerprint density at radius 1 is 0.838 bits per heavy atom. The van der Waals surface area contributed by atoms with Gasteiger partial charge in [0.15, 0.2) is 10.7 Å². The predicted molar refractivity (Wildman–Crippen MR) is 136 cm³/mol. The molecule has 37 heavy (non-hydrogen) atoms. The molecule has 0 spiro atoms. The van der Waals surface area contributed by atoms with Crippen LogP contribution in [0.3, 0.4) is 0 Å². The van der Waals surface area contributed by atoms with E-state index in [0.29, 0.717) is 15.6 Å². The second kappa shape index (κ2) is 9.64. The van der Waals surface area contributed by atoms with Gasteiger partial charge in [0.1, 0.15) is 16.6 Å². The van der Waals surface area contributed by atoms with Crippen molar-refractivity contribution >= 4 is 33.0 Å². The van der Waals surface area contributed by atoms with E-state index < -0.39 is 38.1 Å². The SMILES string of the molecule is Nc1nccc(-c2sc(-c3ccccc3)nc2-c2cccc(NS(=O)(=O)c3c(F)cccc3F)c2F)n1. The number of halogens is 3. The molecule has 0 bridgehead atoms. The Bertz CT molecular complexity index is 1710. The summed E-state index contributed by atoms with van der Waals surface area (Å²) in [5, 5.41) is 0.557. The Labute approximate surface area is 213 Å². The smallest absolute Gasteiger partial charge is 0.267 e. The summed E-state index contributed by atoms with van der Waals surface area (Å²) in [5.74, 6) is -3.59. The van der Waals surface area contributed by atoms with Crippen LogP contribution in [0.2, 0.25) is 0 Å². The van der Waals surface area contributed by atoms with Crippen LogP contribution in [0, 0.1) is 17.5 Å². The first-order valence-corrected chi connectivity index (χ1v) is 13.0. The van der Waals surface area contributed by atoms with Crippen molar-refractivity contribution in [3.05, 3.63) is 96.4 Å². The summed E-state index contributed by atoms with van der Waals surface area (Å²) in [6.45, 7) is 0. The van der Waals surface area contributed by atoms with Crippen molar-refractivity contribution in [2.75, 3.05) is 10.5 Å². The second-order valence-corrected chi connectivity index (χ2v) is 10.3. The number of hydrogen-bond acceptors (Lipinski definition) is 7. The van der Waals surface area contributed by atoms with Crippen LogP contribution in [-0.4, -0.2) is 23.4 Å². The number of nitrogens with one attached hydrogen (secondary N) is 1. The van der Waals surface area contributed by atoms with Crippen molar-refractivity contribution in [2.24, 2.45) is 0 Å². The number of rotatable bonds is 6. The van der Waals surface area contributed by atoms with Gasteiger partial charge >= 0.3 is 0 Å². The third kappa shape index (κ3) is 4.76. The molecule has 0 saturated heterocycles. The monoisotopic (exact) mass is 539 g/mol. The van der Waals surface area contributed by atoms with Gasteiger partial charge in [0.25, 0.3) is 10.0 Å². The first kappa shape index (κ1) is 24.4. The molecular weight excluding hydrogens is 523 g/mol. The molecule has 0 aliphatic carbocycles. The van der Waals surface area contributed by atoms with Crippen molar-refractivity contribution in [3.63, 3.8) is 0 Å². The molecule has 12 heteroatoms. The normalized spacial score (nSPS) is 11.4. The van der Waals surface area contributed by atoms with Gasteiger partial charge < -0.3 is 5.73 Å². The van der Waals surface area contributed by atoms with Crippen molar-refractivity contribution < 1.29 is 21.6 Å². The zero-order valence-electron chi connectivity index (χ0n) is 18.7. The van der Waals surface area contributed by atoms with Crippen LogP contribution in [0.4, 0.5) is 24.8 Å². The number of nitrogens with two attached hydrogens (primary N) is 1. The lowest BCUT2D eigenvalue weighted by molar-refractivity contribution is 0.521. The molecule has 7 nitrogen and oxygen atoms in total. The average molecular weight is 540 g/mol. The number of hydrogen-bond donors (Lipinski definition) is 2. The van der Waals surface area contributed by atoms with Crippen LogP contribution in [0.1, 0.15) is 0 Å². The van der Waals surface area contributed by atoms with Crippen LogP contribution in [0.25, 0.3) is 32.4 Å². The number of benzene rings is 3. The molecule has 5 aromatic rings. The minimum absolute atomic E-state index is 0.00649. The summed E-state index contributed by atoms with van der Waals surface area (Å²) in [4.78, 5) is 12.0. The maximum atomic E-state index is 15.8. The highest BCUT2D eigenvalue weighted by Gasteiger charge is 2.27. The number of aromatic nitrogens is 3. The van der Waals surface area contributed by atoms with E-state index in [-0.39, 0.29) is 17.2 Å². The van der Waals surface area contributed by atoms with Gasteiger partial charge in [-0.25, -0.2) is 36.5 Å². The molecule has 0 aliphatic heterocycles. The van der Waals surface area contributed by atoms with Crippen molar-refractivity contribution in [3.8, 4) is 32.4 Å². The summed E-state index contributed by atoms with van der Waals surface area (Å²) < 4.78 is 71.5. The van der Waals surface area contributed by atoms with E-state index in [0.717, 1.165) is 29.8 Å². The van der Waals surface area contributed by atoms with E-state index in [1.165, 1.54) is 29.7 Å². The molecule has 0 radical (unpaired) electrons. The van der Waals surface area contributed by atoms with Crippen molar-refractivity contribution in [1.29, 1.82) is 0 Å². The van der Waals surface area contributed by atoms with Gasteiger partial charge in [-0.2, -0.15) is 0 Å². The highest BCUT2D eigenvalue weighted by Crippen LogP contribution is 2.42. The molecule has 186 valence electrons. The molecule has 0 unspecified atom stereocenters. The summed E-state index contributed by atoms with van der Waals surface area (Å²) >= 11 is 1.24. The zero-order valence-corrected chi connectivity index (χ0v) is 20.3. The second-order valence-electron chi connectivity index (χ2n) is 7.69. The lowest BCUT2D eigenvalue weighted by atomic mass is 10.1. The van der Waals surface area contributed by atoms with Crippen molar-refractivity contribution in [1.82, 2.24) is 15.0 Å². The minimum Gasteiger partial charge on any atom is -0.368 e. The summed E-state index contributed by atoms with van der Waals surface area (Å²) in [7, 11) is -4.80. The lowest BCUT2D eigenvalue weighted by Crippen LogP contribution is -2.17. The maximum Gasteiger partial charge on any atom is 0.267 e. The number of sulfonamides is 1. The van der Waals surface area contributed by atoms with E-state index in [9.17, 15) is 17.2 Å². The standard InChI is InChI=1S/C25H16F3N5O2S2/c26-16-9-5-10-17(27)23(16)37(34,35)33-18-11-4-8-15(20(18)28)21-22(19-12-13-30-25(29)31-19)36-24(32-21)14-6-2-1-3-7-14/h1-13,33H,(H2,29,30,31). The third-order valence-corrected chi connectivity index (χ3v) is 7.78. The van der Waals surface area contributed by atoms with Gasteiger partial charge in [0.2, 0.25) is 5.95 Å². The Morgan fingerprint density at radius 3 is 2.24 bits per heavy atom. The highest BCUT2D eigenvalue weighted by atomic mass is 32.2. The van der Waals surface area contributed by atoms with Crippen LogP contribution < -0.4 is 10.5 Å². The molecule has 0 amide bonds. The molecule has 0 atom stereocenters. The molecule has 3 aromatic carbocycles. The molecular formula is C25H16F3N5O2S2. The Kier molecular flexibility index (Phi) is 6.36. The van der Waals surface area contributed by atoms with E-state index >= 15 is 4.39 Å². The Balaban J connectivity index is 1.64. The molecule has 0 saturated carbocycles. The molecule has 2 heterocycles. The van der Waals surface area contributed by atoms with Crippen LogP contribution in [0.5, 0.6) is 0 Å². The van der Waals surface area contributed by atoms with Gasteiger partial charge in [-0.05, 0) is 30.3 Å². The molecule has 0 fully saturated rings. The molecule has 0 aliphatic rings. The Hall–Kier alpha value is -4.29. The quantitative estimate of drug-likeness (QED) is 0.285. The Morgan fingerprint density at radius 2 is 1.54 bits per heavy atom. The maximum absolute atomic E-state index is 15.8. The predicted octanol–water partition coefficient (Wildman–Crippen LogP) is 5.73. The van der Waals surface area contributed by atoms with Gasteiger partial charge in [-0.3, -0.25) is 4.72 Å². The first-order valence-electron chi connectivity index (χ1n) is 10.7. The van der Waals surface area contributed by atoms with Crippen LogP contribution in [-0.2, 0) is 10.0 Å². The fourth-order valence-electron chi connectivity index (χ4n) is 3.61. The lowest BCUT2D eigenvalue weighted by Gasteiger charge is -2.12. The zero-order chi connectivity index (χ0) is 26.2. The van der Waals surface area contributed by atoms with Gasteiger partial charge in [-0.15, -0.1) is 11.3 Å². The molecule has 2 aromatic heterocycles. The number of nitrogen functional groups attached to an aromatic ring is 1. The van der Waals surface area contributed by atoms with Crippen LogP contribution >= 0.6 is 11.3 Å². The van der Waals surface area contributed by atoms with Crippen LogP contribution in [0.15, 0.2) is 83.9 Å². The fraction of sp³-hybridized carbons (Fsp3) is 0. The summed E-state index contributed by atoms with van der Waals surface area (Å²) in [6, 6.07) is 17.3. The van der Waals surface area contributed by atoms with E-state index in [1.807, 2.05) is 35.1 Å². The van der Waals surface area contributed by atoms with E-state index in [1.54, 1.807) is 6.07 Å². The van der Waals surface area contributed by atoms with Crippen molar-refractivity contribution in [2.45, 2.75) is 4.90 Å². The topological polar surface area (TPSA) is 111 Å². The minimum atomic E-state index is -4.80. The van der Waals surface area contributed by atoms with E-state index in [4.69, 9.17) is 5.73 Å². The average Bonchev–Trinajstić information content (AvgIpc) is 3.31. The molecule has 5 rings (SSSR count). The summed E-state index contributed by atoms with van der Waals surface area (Å²) in [6.07, 6.45) is 1.45. The van der Waals surface area contributed by atoms with E-state index in [2.05, 4.69) is 15.0 Å². The highest BCUT2D eigenvalue weighted by molar-refractivity contribution is 7.92. The number of anilines is 2. The molecule has 3 N–H and O–H groups in total. The fourth-order valence-corrected chi connectivity index (χ4v) is 5.86. The third-order valence-electron chi connectivity index (χ3n) is 5.24.